The van der Waals surface area contributed by atoms with Crippen molar-refractivity contribution in [2.24, 2.45) is 0 Å². The minimum Gasteiger partial charge on any atom is -0.459 e. The van der Waals surface area contributed by atoms with Gasteiger partial charge in [-0.05, 0) is 49.2 Å². The number of anilines is 1. The molecule has 2 aromatic carbocycles. The first-order valence-electron chi connectivity index (χ1n) is 7.62. The highest BCUT2D eigenvalue weighted by Gasteiger charge is 2.14. The van der Waals surface area contributed by atoms with Crippen LogP contribution in [0, 0.1) is 13.8 Å². The van der Waals surface area contributed by atoms with E-state index in [1.807, 2.05) is 32.0 Å². The minimum absolute atomic E-state index is 0.0645. The highest BCUT2D eigenvalue weighted by Crippen LogP contribution is 2.20. The Balaban J connectivity index is 1.86. The average molecular weight is 319 g/mol. The second-order valence-electron chi connectivity index (χ2n) is 5.59. The van der Waals surface area contributed by atoms with E-state index in [0.717, 1.165) is 11.1 Å². The zero-order chi connectivity index (χ0) is 17.1. The SMILES string of the molecule is Cc1cccc(C(=O)c2cccc(NC(=O)c3ccco3)c2)c1C. The molecule has 3 rings (SSSR count). The van der Waals surface area contributed by atoms with E-state index >= 15 is 0 Å². The Morgan fingerprint density at radius 3 is 2.50 bits per heavy atom. The van der Waals surface area contributed by atoms with Crippen LogP contribution in [0.15, 0.2) is 65.3 Å². The lowest BCUT2D eigenvalue weighted by Gasteiger charge is -2.09. The lowest BCUT2D eigenvalue weighted by atomic mass is 9.96. The summed E-state index contributed by atoms with van der Waals surface area (Å²) < 4.78 is 5.06. The molecule has 4 heteroatoms. The highest BCUT2D eigenvalue weighted by molar-refractivity contribution is 6.11. The summed E-state index contributed by atoms with van der Waals surface area (Å²) in [6.45, 7) is 3.91. The summed E-state index contributed by atoms with van der Waals surface area (Å²) in [6.07, 6.45) is 1.44. The maximum atomic E-state index is 12.8. The number of rotatable bonds is 4. The molecule has 0 aliphatic rings. The van der Waals surface area contributed by atoms with Crippen molar-refractivity contribution in [3.8, 4) is 0 Å². The van der Waals surface area contributed by atoms with Gasteiger partial charge in [0.05, 0.1) is 6.26 Å². The molecule has 0 unspecified atom stereocenters. The fraction of sp³-hybridized carbons (Fsp3) is 0.100. The molecule has 4 nitrogen and oxygen atoms in total. The molecule has 1 aromatic heterocycles. The Labute approximate surface area is 140 Å². The van der Waals surface area contributed by atoms with Crippen molar-refractivity contribution < 1.29 is 14.0 Å². The summed E-state index contributed by atoms with van der Waals surface area (Å²) in [7, 11) is 0. The third-order valence-corrected chi connectivity index (χ3v) is 3.98. The number of benzene rings is 2. The van der Waals surface area contributed by atoms with Crippen LogP contribution in [-0.4, -0.2) is 11.7 Å². The molecule has 0 atom stereocenters. The van der Waals surface area contributed by atoms with Gasteiger partial charge in [-0.2, -0.15) is 0 Å². The monoisotopic (exact) mass is 319 g/mol. The Morgan fingerprint density at radius 1 is 0.958 bits per heavy atom. The molecule has 0 aliphatic heterocycles. The van der Waals surface area contributed by atoms with E-state index in [9.17, 15) is 9.59 Å². The third-order valence-electron chi connectivity index (χ3n) is 3.98. The van der Waals surface area contributed by atoms with Crippen molar-refractivity contribution in [3.05, 3.63) is 88.9 Å². The first kappa shape index (κ1) is 15.7. The first-order chi connectivity index (χ1) is 11.6. The van der Waals surface area contributed by atoms with Gasteiger partial charge in [-0.3, -0.25) is 9.59 Å². The molecule has 1 amide bonds. The van der Waals surface area contributed by atoms with Crippen LogP contribution < -0.4 is 5.32 Å². The molecule has 0 radical (unpaired) electrons. The van der Waals surface area contributed by atoms with Gasteiger partial charge in [0.15, 0.2) is 11.5 Å². The maximum absolute atomic E-state index is 12.8. The normalized spacial score (nSPS) is 10.4. The van der Waals surface area contributed by atoms with E-state index in [-0.39, 0.29) is 17.5 Å². The average Bonchev–Trinajstić information content (AvgIpc) is 3.12. The fourth-order valence-electron chi connectivity index (χ4n) is 2.49. The highest BCUT2D eigenvalue weighted by atomic mass is 16.3. The minimum atomic E-state index is -0.351. The first-order valence-corrected chi connectivity index (χ1v) is 7.62. The molecule has 120 valence electrons. The second kappa shape index (κ2) is 6.54. The topological polar surface area (TPSA) is 59.3 Å². The summed E-state index contributed by atoms with van der Waals surface area (Å²) >= 11 is 0. The van der Waals surface area contributed by atoms with Crippen LogP contribution in [0.1, 0.15) is 37.6 Å². The van der Waals surface area contributed by atoms with Crippen LogP contribution >= 0.6 is 0 Å². The maximum Gasteiger partial charge on any atom is 0.291 e. The summed E-state index contributed by atoms with van der Waals surface area (Å²) in [5.74, 6) is -0.192. The van der Waals surface area contributed by atoms with Gasteiger partial charge >= 0.3 is 0 Å². The predicted octanol–water partition coefficient (Wildman–Crippen LogP) is 4.38. The molecule has 1 N–H and O–H groups in total. The third kappa shape index (κ3) is 3.13. The van der Waals surface area contributed by atoms with Crippen LogP contribution in [0.3, 0.4) is 0 Å². The molecular formula is C20H17NO3. The summed E-state index contributed by atoms with van der Waals surface area (Å²) in [5, 5.41) is 2.73. The van der Waals surface area contributed by atoms with Gasteiger partial charge in [-0.1, -0.05) is 30.3 Å². The second-order valence-corrected chi connectivity index (χ2v) is 5.59. The molecule has 0 bridgehead atoms. The zero-order valence-corrected chi connectivity index (χ0v) is 13.5. The van der Waals surface area contributed by atoms with E-state index in [1.54, 1.807) is 36.4 Å². The molecule has 0 fully saturated rings. The van der Waals surface area contributed by atoms with Crippen molar-refractivity contribution in [1.29, 1.82) is 0 Å². The van der Waals surface area contributed by atoms with E-state index < -0.39 is 0 Å². The molecule has 0 saturated heterocycles. The van der Waals surface area contributed by atoms with Crippen molar-refractivity contribution in [1.82, 2.24) is 0 Å². The van der Waals surface area contributed by atoms with Crippen molar-refractivity contribution in [2.75, 3.05) is 5.32 Å². The molecule has 0 spiro atoms. The summed E-state index contributed by atoms with van der Waals surface area (Å²) in [5.41, 5.74) is 3.79. The smallest absolute Gasteiger partial charge is 0.291 e. The molecule has 0 aliphatic carbocycles. The van der Waals surface area contributed by atoms with Gasteiger partial charge in [-0.15, -0.1) is 0 Å². The van der Waals surface area contributed by atoms with E-state index in [1.165, 1.54) is 6.26 Å². The lowest BCUT2D eigenvalue weighted by Crippen LogP contribution is -2.12. The van der Waals surface area contributed by atoms with Gasteiger partial charge in [0.25, 0.3) is 5.91 Å². The predicted molar refractivity (Wildman–Crippen MR) is 92.5 cm³/mol. The van der Waals surface area contributed by atoms with Gasteiger partial charge in [0.1, 0.15) is 0 Å². The standard InChI is InChI=1S/C20H17NO3/c1-13-6-3-9-17(14(13)2)19(22)15-7-4-8-16(12-15)21-20(23)18-10-5-11-24-18/h3-12H,1-2H3,(H,21,23). The Hall–Kier alpha value is -3.14. The van der Waals surface area contributed by atoms with Gasteiger partial charge < -0.3 is 9.73 Å². The van der Waals surface area contributed by atoms with Crippen LogP contribution in [0.2, 0.25) is 0 Å². The van der Waals surface area contributed by atoms with Crippen molar-refractivity contribution in [2.45, 2.75) is 13.8 Å². The van der Waals surface area contributed by atoms with Crippen LogP contribution in [0.25, 0.3) is 0 Å². The number of nitrogens with one attached hydrogen (secondary N) is 1. The summed E-state index contributed by atoms with van der Waals surface area (Å²) in [4.78, 5) is 24.8. The van der Waals surface area contributed by atoms with Gasteiger partial charge in [0.2, 0.25) is 0 Å². The number of amides is 1. The van der Waals surface area contributed by atoms with Crippen molar-refractivity contribution >= 4 is 17.4 Å². The Kier molecular flexibility index (Phi) is 4.29. The van der Waals surface area contributed by atoms with Crippen LogP contribution in [0.5, 0.6) is 0 Å². The van der Waals surface area contributed by atoms with E-state index in [0.29, 0.717) is 16.8 Å². The quantitative estimate of drug-likeness (QED) is 0.726. The number of ketones is 1. The number of hydrogen-bond acceptors (Lipinski definition) is 3. The molecule has 24 heavy (non-hydrogen) atoms. The van der Waals surface area contributed by atoms with E-state index in [4.69, 9.17) is 4.42 Å². The molecule has 0 saturated carbocycles. The van der Waals surface area contributed by atoms with Gasteiger partial charge in [0, 0.05) is 16.8 Å². The Morgan fingerprint density at radius 2 is 1.75 bits per heavy atom. The number of hydrogen-bond donors (Lipinski definition) is 1. The van der Waals surface area contributed by atoms with Gasteiger partial charge in [-0.25, -0.2) is 0 Å². The summed E-state index contributed by atoms with van der Waals surface area (Å²) in [6, 6.07) is 15.8. The number of furan rings is 1. The molecular weight excluding hydrogens is 302 g/mol. The number of aryl methyl sites for hydroxylation is 1. The molecule has 1 heterocycles. The molecule has 3 aromatic rings. The lowest BCUT2D eigenvalue weighted by molar-refractivity contribution is 0.0994. The van der Waals surface area contributed by atoms with Crippen molar-refractivity contribution in [3.63, 3.8) is 0 Å². The number of carbonyl (C=O) groups is 2. The number of carbonyl (C=O) groups excluding carboxylic acids is 2. The van der Waals surface area contributed by atoms with E-state index in [2.05, 4.69) is 5.32 Å². The van der Waals surface area contributed by atoms with Crippen LogP contribution in [-0.2, 0) is 0 Å². The van der Waals surface area contributed by atoms with Crippen LogP contribution in [0.4, 0.5) is 5.69 Å². The Bertz CT molecular complexity index is 895. The fourth-order valence-corrected chi connectivity index (χ4v) is 2.49. The largest absolute Gasteiger partial charge is 0.459 e. The zero-order valence-electron chi connectivity index (χ0n) is 13.5.